The van der Waals surface area contributed by atoms with Crippen LogP contribution in [0.15, 0.2) is 18.2 Å². The molecule has 0 aliphatic carbocycles. The molecule has 6 heteroatoms. The Labute approximate surface area is 134 Å². The van der Waals surface area contributed by atoms with Crippen molar-refractivity contribution in [1.29, 1.82) is 0 Å². The van der Waals surface area contributed by atoms with Crippen LogP contribution in [0.4, 0.5) is 0 Å². The van der Waals surface area contributed by atoms with Crippen molar-refractivity contribution in [3.63, 3.8) is 0 Å². The van der Waals surface area contributed by atoms with E-state index in [9.17, 15) is 9.59 Å². The molecule has 1 aliphatic rings. The summed E-state index contributed by atoms with van der Waals surface area (Å²) >= 11 is 11.9. The van der Waals surface area contributed by atoms with Gasteiger partial charge in [-0.1, -0.05) is 23.2 Å². The number of benzene rings is 1. The van der Waals surface area contributed by atoms with Gasteiger partial charge in [0, 0.05) is 30.6 Å². The van der Waals surface area contributed by atoms with Gasteiger partial charge >= 0.3 is 0 Å². The predicted molar refractivity (Wildman–Crippen MR) is 83.8 cm³/mol. The Bertz CT molecular complexity index is 540. The van der Waals surface area contributed by atoms with Crippen molar-refractivity contribution in [3.05, 3.63) is 33.8 Å². The molecule has 1 aromatic rings. The number of halogens is 2. The summed E-state index contributed by atoms with van der Waals surface area (Å²) in [5, 5.41) is 3.69. The fourth-order valence-corrected chi connectivity index (χ4v) is 2.99. The lowest BCUT2D eigenvalue weighted by Crippen LogP contribution is -2.43. The van der Waals surface area contributed by atoms with Gasteiger partial charge in [-0.2, -0.15) is 0 Å². The molecule has 0 spiro atoms. The molecule has 21 heavy (non-hydrogen) atoms. The van der Waals surface area contributed by atoms with Crippen LogP contribution in [0.3, 0.4) is 0 Å². The topological polar surface area (TPSA) is 49.4 Å². The van der Waals surface area contributed by atoms with Crippen LogP contribution in [-0.2, 0) is 4.79 Å². The second-order valence-corrected chi connectivity index (χ2v) is 5.93. The van der Waals surface area contributed by atoms with Crippen molar-refractivity contribution in [3.8, 4) is 0 Å². The molecule has 0 radical (unpaired) electrons. The van der Waals surface area contributed by atoms with Gasteiger partial charge in [0.25, 0.3) is 5.91 Å². The van der Waals surface area contributed by atoms with Gasteiger partial charge in [-0.25, -0.2) is 0 Å². The van der Waals surface area contributed by atoms with E-state index in [4.69, 9.17) is 23.2 Å². The van der Waals surface area contributed by atoms with Crippen LogP contribution in [0.5, 0.6) is 0 Å². The smallest absolute Gasteiger partial charge is 0.255 e. The lowest BCUT2D eigenvalue weighted by molar-refractivity contribution is -0.126. The zero-order valence-electron chi connectivity index (χ0n) is 11.9. The van der Waals surface area contributed by atoms with Gasteiger partial charge in [-0.3, -0.25) is 9.59 Å². The van der Waals surface area contributed by atoms with Crippen LogP contribution in [0.2, 0.25) is 10.0 Å². The highest BCUT2D eigenvalue weighted by molar-refractivity contribution is 6.36. The Hall–Kier alpha value is -1.26. The molecule has 2 rings (SSSR count). The van der Waals surface area contributed by atoms with Crippen molar-refractivity contribution in [2.75, 3.05) is 19.6 Å². The van der Waals surface area contributed by atoms with Gasteiger partial charge in [0.15, 0.2) is 0 Å². The number of amides is 2. The largest absolute Gasteiger partial charge is 0.356 e. The maximum atomic E-state index is 12.4. The number of nitrogens with one attached hydrogen (secondary N) is 1. The molecule has 0 saturated carbocycles. The SMILES string of the molecule is CCNC(=O)C1CCN(C(=O)c2ccc(Cl)cc2Cl)CC1. The fourth-order valence-electron chi connectivity index (χ4n) is 2.50. The highest BCUT2D eigenvalue weighted by Crippen LogP contribution is 2.25. The minimum absolute atomic E-state index is 0.00492. The maximum absolute atomic E-state index is 12.4. The number of rotatable bonds is 3. The molecule has 1 fully saturated rings. The second-order valence-electron chi connectivity index (χ2n) is 5.09. The van der Waals surface area contributed by atoms with Gasteiger partial charge in [0.05, 0.1) is 10.6 Å². The first-order valence-electron chi connectivity index (χ1n) is 7.05. The van der Waals surface area contributed by atoms with E-state index in [0.717, 1.165) is 0 Å². The minimum atomic E-state index is -0.106. The molecule has 114 valence electrons. The van der Waals surface area contributed by atoms with E-state index in [-0.39, 0.29) is 17.7 Å². The minimum Gasteiger partial charge on any atom is -0.356 e. The first kappa shape index (κ1) is 16.1. The zero-order chi connectivity index (χ0) is 15.4. The maximum Gasteiger partial charge on any atom is 0.255 e. The van der Waals surface area contributed by atoms with Gasteiger partial charge < -0.3 is 10.2 Å². The Morgan fingerprint density at radius 1 is 1.29 bits per heavy atom. The van der Waals surface area contributed by atoms with Crippen molar-refractivity contribution in [2.24, 2.45) is 5.92 Å². The molecule has 0 aromatic heterocycles. The molecular formula is C15H18Cl2N2O2. The summed E-state index contributed by atoms with van der Waals surface area (Å²) in [6, 6.07) is 4.86. The molecule has 1 aliphatic heterocycles. The van der Waals surface area contributed by atoms with Crippen molar-refractivity contribution >= 4 is 35.0 Å². The molecule has 2 amide bonds. The monoisotopic (exact) mass is 328 g/mol. The number of hydrogen-bond donors (Lipinski definition) is 1. The summed E-state index contributed by atoms with van der Waals surface area (Å²) in [7, 11) is 0. The number of likely N-dealkylation sites (tertiary alicyclic amines) is 1. The number of piperidine rings is 1. The molecule has 0 bridgehead atoms. The molecular weight excluding hydrogens is 311 g/mol. The highest BCUT2D eigenvalue weighted by atomic mass is 35.5. The van der Waals surface area contributed by atoms with E-state index in [1.165, 1.54) is 0 Å². The number of hydrogen-bond acceptors (Lipinski definition) is 2. The van der Waals surface area contributed by atoms with E-state index in [1.807, 2.05) is 6.92 Å². The third-order valence-corrected chi connectivity index (χ3v) is 4.21. The standard InChI is InChI=1S/C15H18Cl2N2O2/c1-2-18-14(20)10-5-7-19(8-6-10)15(21)12-4-3-11(16)9-13(12)17/h3-4,9-10H,2,5-8H2,1H3,(H,18,20). The van der Waals surface area contributed by atoms with Gasteiger partial charge in [-0.15, -0.1) is 0 Å². The van der Waals surface area contributed by atoms with Gasteiger partial charge in [0.2, 0.25) is 5.91 Å². The normalized spacial score (nSPS) is 15.9. The van der Waals surface area contributed by atoms with Crippen molar-refractivity contribution in [2.45, 2.75) is 19.8 Å². The van der Waals surface area contributed by atoms with Gasteiger partial charge in [0.1, 0.15) is 0 Å². The van der Waals surface area contributed by atoms with Crippen LogP contribution in [0.25, 0.3) is 0 Å². The summed E-state index contributed by atoms with van der Waals surface area (Å²) in [6.07, 6.45) is 1.37. The number of nitrogens with zero attached hydrogens (tertiary/aromatic N) is 1. The highest BCUT2D eigenvalue weighted by Gasteiger charge is 2.28. The first-order valence-corrected chi connectivity index (χ1v) is 7.80. The van der Waals surface area contributed by atoms with E-state index in [0.29, 0.717) is 48.1 Å². The van der Waals surface area contributed by atoms with Crippen LogP contribution < -0.4 is 5.32 Å². The van der Waals surface area contributed by atoms with Crippen LogP contribution in [0, 0.1) is 5.92 Å². The average molecular weight is 329 g/mol. The Morgan fingerprint density at radius 3 is 2.52 bits per heavy atom. The molecule has 1 aromatic carbocycles. The number of carbonyl (C=O) groups excluding carboxylic acids is 2. The molecule has 1 heterocycles. The lowest BCUT2D eigenvalue weighted by atomic mass is 9.95. The summed E-state index contributed by atoms with van der Waals surface area (Å²) in [5.74, 6) is -0.0326. The fraction of sp³-hybridized carbons (Fsp3) is 0.467. The molecule has 1 N–H and O–H groups in total. The molecule has 4 nitrogen and oxygen atoms in total. The molecule has 1 saturated heterocycles. The number of carbonyl (C=O) groups is 2. The summed E-state index contributed by atoms with van der Waals surface area (Å²) in [5.41, 5.74) is 0.456. The van der Waals surface area contributed by atoms with E-state index < -0.39 is 0 Å². The first-order chi connectivity index (χ1) is 10.0. The van der Waals surface area contributed by atoms with Crippen LogP contribution >= 0.6 is 23.2 Å². The summed E-state index contributed by atoms with van der Waals surface area (Å²) < 4.78 is 0. The summed E-state index contributed by atoms with van der Waals surface area (Å²) in [4.78, 5) is 26.0. The van der Waals surface area contributed by atoms with Gasteiger partial charge in [-0.05, 0) is 38.0 Å². The average Bonchev–Trinajstić information content (AvgIpc) is 2.47. The van der Waals surface area contributed by atoms with Crippen LogP contribution in [0.1, 0.15) is 30.1 Å². The van der Waals surface area contributed by atoms with Crippen molar-refractivity contribution < 1.29 is 9.59 Å². The Morgan fingerprint density at radius 2 is 1.95 bits per heavy atom. The van der Waals surface area contributed by atoms with E-state index in [1.54, 1.807) is 23.1 Å². The second kappa shape index (κ2) is 7.14. The Kier molecular flexibility index (Phi) is 5.48. The zero-order valence-corrected chi connectivity index (χ0v) is 13.4. The molecule has 0 atom stereocenters. The molecule has 0 unspecified atom stereocenters. The summed E-state index contributed by atoms with van der Waals surface area (Å²) in [6.45, 7) is 3.68. The van der Waals surface area contributed by atoms with E-state index >= 15 is 0 Å². The van der Waals surface area contributed by atoms with Crippen LogP contribution in [-0.4, -0.2) is 36.3 Å². The predicted octanol–water partition coefficient (Wildman–Crippen LogP) is 2.98. The Balaban J connectivity index is 1.98. The third-order valence-electron chi connectivity index (χ3n) is 3.67. The third kappa shape index (κ3) is 3.89. The quantitative estimate of drug-likeness (QED) is 0.927. The lowest BCUT2D eigenvalue weighted by Gasteiger charge is -2.31. The van der Waals surface area contributed by atoms with E-state index in [2.05, 4.69) is 5.32 Å². The van der Waals surface area contributed by atoms with Crippen molar-refractivity contribution in [1.82, 2.24) is 10.2 Å².